The molecule has 0 atom stereocenters. The van der Waals surface area contributed by atoms with Gasteiger partial charge in [-0.2, -0.15) is 0 Å². The highest BCUT2D eigenvalue weighted by Crippen LogP contribution is 2.23. The summed E-state index contributed by atoms with van der Waals surface area (Å²) in [6, 6.07) is 9.56. The lowest BCUT2D eigenvalue weighted by Crippen LogP contribution is -2.63. The maximum atomic E-state index is 12.2. The molecular formula is C14H19N3O. The van der Waals surface area contributed by atoms with Gasteiger partial charge in [0.2, 0.25) is 5.91 Å². The molecule has 1 heterocycles. The van der Waals surface area contributed by atoms with E-state index < -0.39 is 5.54 Å². The molecule has 0 saturated carbocycles. The Kier molecular flexibility index (Phi) is 3.11. The second-order valence-electron chi connectivity index (χ2n) is 5.15. The Morgan fingerprint density at radius 2 is 1.83 bits per heavy atom. The molecule has 0 aliphatic carbocycles. The van der Waals surface area contributed by atoms with E-state index in [1.165, 1.54) is 0 Å². The molecule has 1 amide bonds. The Morgan fingerprint density at radius 3 is 2.44 bits per heavy atom. The van der Waals surface area contributed by atoms with Crippen LogP contribution in [0.1, 0.15) is 19.4 Å². The molecule has 0 radical (unpaired) electrons. The van der Waals surface area contributed by atoms with Crippen LogP contribution in [0.4, 0.5) is 0 Å². The Bertz CT molecular complexity index is 467. The molecule has 1 aliphatic heterocycles. The Morgan fingerprint density at radius 1 is 1.22 bits per heavy atom. The van der Waals surface area contributed by atoms with Crippen LogP contribution in [0.3, 0.4) is 0 Å². The fourth-order valence-electron chi connectivity index (χ4n) is 2.36. The first-order valence-electron chi connectivity index (χ1n) is 6.12. The third-order valence-corrected chi connectivity index (χ3v) is 3.52. The van der Waals surface area contributed by atoms with Crippen molar-refractivity contribution in [2.24, 2.45) is 0 Å². The maximum absolute atomic E-state index is 12.2. The van der Waals surface area contributed by atoms with Crippen molar-refractivity contribution in [3.63, 3.8) is 0 Å². The second-order valence-corrected chi connectivity index (χ2v) is 5.15. The molecule has 18 heavy (non-hydrogen) atoms. The van der Waals surface area contributed by atoms with Gasteiger partial charge >= 0.3 is 0 Å². The van der Waals surface area contributed by atoms with Gasteiger partial charge in [0.15, 0.2) is 0 Å². The van der Waals surface area contributed by atoms with Crippen molar-refractivity contribution in [3.8, 4) is 0 Å². The van der Waals surface area contributed by atoms with Gasteiger partial charge in [0.25, 0.3) is 0 Å². The molecule has 0 unspecified atom stereocenters. The molecule has 2 rings (SSSR count). The normalized spacial score (nSPS) is 18.9. The van der Waals surface area contributed by atoms with Crippen molar-refractivity contribution in [2.75, 3.05) is 20.1 Å². The van der Waals surface area contributed by atoms with Crippen LogP contribution in [-0.4, -0.2) is 47.2 Å². The number of amidine groups is 1. The zero-order valence-electron chi connectivity index (χ0n) is 11.1. The summed E-state index contributed by atoms with van der Waals surface area (Å²) in [5.74, 6) is 0.483. The number of carbonyl (C=O) groups excluding carboxylic acids is 1. The van der Waals surface area contributed by atoms with E-state index in [0.717, 1.165) is 5.56 Å². The van der Waals surface area contributed by atoms with Crippen LogP contribution >= 0.6 is 0 Å². The van der Waals surface area contributed by atoms with E-state index in [0.29, 0.717) is 18.9 Å². The standard InChI is InChI=1S/C14H19N3O/c1-14(2)13(18)16(3)9-10-17(14)12(15)11-7-5-4-6-8-11/h4-8,15H,9-10H2,1-3H3. The third kappa shape index (κ3) is 1.98. The molecule has 1 N–H and O–H groups in total. The summed E-state index contributed by atoms with van der Waals surface area (Å²) in [5.41, 5.74) is 0.197. The minimum Gasteiger partial charge on any atom is -0.342 e. The Labute approximate surface area is 108 Å². The molecule has 1 saturated heterocycles. The lowest BCUT2D eigenvalue weighted by atomic mass is 9.96. The summed E-state index contributed by atoms with van der Waals surface area (Å²) in [4.78, 5) is 15.8. The van der Waals surface area contributed by atoms with Crippen LogP contribution in [0.15, 0.2) is 30.3 Å². The molecule has 1 aromatic carbocycles. The Hall–Kier alpha value is -1.84. The molecule has 1 fully saturated rings. The molecule has 1 aliphatic rings. The highest BCUT2D eigenvalue weighted by atomic mass is 16.2. The van der Waals surface area contributed by atoms with Gasteiger partial charge in [-0.15, -0.1) is 0 Å². The minimum absolute atomic E-state index is 0.0643. The zero-order chi connectivity index (χ0) is 13.3. The lowest BCUT2D eigenvalue weighted by Gasteiger charge is -2.46. The molecule has 0 aromatic heterocycles. The van der Waals surface area contributed by atoms with Gasteiger partial charge in [-0.05, 0) is 13.8 Å². The van der Waals surface area contributed by atoms with Crippen LogP contribution < -0.4 is 0 Å². The number of likely N-dealkylation sites (N-methyl/N-ethyl adjacent to an activating group) is 1. The lowest BCUT2D eigenvalue weighted by molar-refractivity contribution is -0.143. The first-order valence-corrected chi connectivity index (χ1v) is 6.12. The van der Waals surface area contributed by atoms with Gasteiger partial charge in [0, 0.05) is 25.7 Å². The molecule has 0 spiro atoms. The molecule has 4 heteroatoms. The van der Waals surface area contributed by atoms with Gasteiger partial charge < -0.3 is 9.80 Å². The third-order valence-electron chi connectivity index (χ3n) is 3.52. The van der Waals surface area contributed by atoms with E-state index >= 15 is 0 Å². The zero-order valence-corrected chi connectivity index (χ0v) is 11.1. The fraction of sp³-hybridized carbons (Fsp3) is 0.429. The van der Waals surface area contributed by atoms with Gasteiger partial charge in [-0.3, -0.25) is 10.2 Å². The van der Waals surface area contributed by atoms with Crippen LogP contribution in [0.5, 0.6) is 0 Å². The van der Waals surface area contributed by atoms with Crippen molar-refractivity contribution >= 4 is 11.7 Å². The smallest absolute Gasteiger partial charge is 0.247 e. The summed E-state index contributed by atoms with van der Waals surface area (Å²) < 4.78 is 0. The summed E-state index contributed by atoms with van der Waals surface area (Å²) in [6.45, 7) is 5.12. The quantitative estimate of drug-likeness (QED) is 0.603. The molecule has 1 aromatic rings. The molecular weight excluding hydrogens is 226 g/mol. The number of hydrogen-bond donors (Lipinski definition) is 1. The van der Waals surface area contributed by atoms with Crippen molar-refractivity contribution in [3.05, 3.63) is 35.9 Å². The molecule has 4 nitrogen and oxygen atoms in total. The van der Waals surface area contributed by atoms with Gasteiger partial charge in [0.05, 0.1) is 0 Å². The van der Waals surface area contributed by atoms with Gasteiger partial charge in [-0.25, -0.2) is 0 Å². The monoisotopic (exact) mass is 245 g/mol. The summed E-state index contributed by atoms with van der Waals surface area (Å²) in [7, 11) is 1.81. The Balaban J connectivity index is 2.29. The number of benzene rings is 1. The van der Waals surface area contributed by atoms with Crippen LogP contribution in [-0.2, 0) is 4.79 Å². The summed E-state index contributed by atoms with van der Waals surface area (Å²) in [6.07, 6.45) is 0. The van der Waals surface area contributed by atoms with Crippen molar-refractivity contribution in [1.82, 2.24) is 9.80 Å². The van der Waals surface area contributed by atoms with Crippen molar-refractivity contribution in [2.45, 2.75) is 19.4 Å². The largest absolute Gasteiger partial charge is 0.342 e. The average Bonchev–Trinajstić information content (AvgIpc) is 2.36. The number of piperazine rings is 1. The number of amides is 1. The number of hydrogen-bond acceptors (Lipinski definition) is 2. The van der Waals surface area contributed by atoms with E-state index in [4.69, 9.17) is 5.41 Å². The fourth-order valence-corrected chi connectivity index (χ4v) is 2.36. The van der Waals surface area contributed by atoms with Gasteiger partial charge in [0.1, 0.15) is 11.4 Å². The van der Waals surface area contributed by atoms with E-state index in [-0.39, 0.29) is 5.91 Å². The summed E-state index contributed by atoms with van der Waals surface area (Å²) >= 11 is 0. The highest BCUT2D eigenvalue weighted by molar-refractivity contribution is 6.01. The van der Waals surface area contributed by atoms with E-state index in [2.05, 4.69) is 0 Å². The summed E-state index contributed by atoms with van der Waals surface area (Å²) in [5, 5.41) is 8.29. The SMILES string of the molecule is CN1CCN(C(=N)c2ccccc2)C(C)(C)C1=O. The van der Waals surface area contributed by atoms with Gasteiger partial charge in [-0.1, -0.05) is 30.3 Å². The first-order chi connectivity index (χ1) is 8.44. The van der Waals surface area contributed by atoms with Crippen LogP contribution in [0, 0.1) is 5.41 Å². The van der Waals surface area contributed by atoms with Crippen LogP contribution in [0.2, 0.25) is 0 Å². The predicted octanol–water partition coefficient (Wildman–Crippen LogP) is 1.56. The molecule has 96 valence electrons. The maximum Gasteiger partial charge on any atom is 0.247 e. The van der Waals surface area contributed by atoms with E-state index in [9.17, 15) is 4.79 Å². The van der Waals surface area contributed by atoms with E-state index in [1.807, 2.05) is 56.1 Å². The highest BCUT2D eigenvalue weighted by Gasteiger charge is 2.41. The predicted molar refractivity (Wildman–Crippen MR) is 71.7 cm³/mol. The number of rotatable bonds is 1. The topological polar surface area (TPSA) is 47.4 Å². The number of nitrogens with zero attached hydrogens (tertiary/aromatic N) is 2. The average molecular weight is 245 g/mol. The number of nitrogens with one attached hydrogen (secondary N) is 1. The first kappa shape index (κ1) is 12.6. The minimum atomic E-state index is -0.653. The van der Waals surface area contributed by atoms with Crippen LogP contribution in [0.25, 0.3) is 0 Å². The molecule has 0 bridgehead atoms. The van der Waals surface area contributed by atoms with E-state index in [1.54, 1.807) is 4.90 Å². The van der Waals surface area contributed by atoms with Crippen molar-refractivity contribution in [1.29, 1.82) is 5.41 Å². The number of carbonyl (C=O) groups is 1. The second kappa shape index (κ2) is 4.44. The van der Waals surface area contributed by atoms with Crippen molar-refractivity contribution < 1.29 is 4.79 Å².